The molecule has 0 aromatic rings. The van der Waals surface area contributed by atoms with E-state index in [9.17, 15) is 19.5 Å². The summed E-state index contributed by atoms with van der Waals surface area (Å²) in [4.78, 5) is 37.0. The second kappa shape index (κ2) is 41.7. The lowest BCUT2D eigenvalue weighted by atomic mass is 10.1. The van der Waals surface area contributed by atoms with Crippen LogP contribution in [-0.4, -0.2) is 80.6 Å². The number of rotatable bonds is 39. The fourth-order valence-electron chi connectivity index (χ4n) is 6.04. The molecule has 2 atom stereocenters. The van der Waals surface area contributed by atoms with Gasteiger partial charge in [0.05, 0.1) is 34.4 Å². The van der Waals surface area contributed by atoms with Gasteiger partial charge in [-0.15, -0.1) is 0 Å². The fraction of sp³-hybridized carbons (Fsp3) is 0.596. The van der Waals surface area contributed by atoms with Gasteiger partial charge in [0.25, 0.3) is 0 Å². The van der Waals surface area contributed by atoms with Crippen molar-refractivity contribution in [3.8, 4) is 0 Å². The van der Waals surface area contributed by atoms with Gasteiger partial charge in [0.2, 0.25) is 0 Å². The van der Waals surface area contributed by atoms with Crippen LogP contribution in [0.4, 0.5) is 0 Å². The third kappa shape index (κ3) is 39.5. The molecule has 0 radical (unpaired) electrons. The maximum absolute atomic E-state index is 12.7. The molecule has 0 saturated heterocycles. The fourth-order valence-corrected chi connectivity index (χ4v) is 6.04. The van der Waals surface area contributed by atoms with Gasteiger partial charge in [-0.05, 0) is 64.2 Å². The second-order valence-electron chi connectivity index (χ2n) is 16.1. The van der Waals surface area contributed by atoms with Crippen molar-refractivity contribution in [3.05, 3.63) is 109 Å². The second-order valence-corrected chi connectivity index (χ2v) is 16.1. The van der Waals surface area contributed by atoms with Gasteiger partial charge in [-0.25, -0.2) is 4.79 Å². The van der Waals surface area contributed by atoms with Crippen molar-refractivity contribution in [1.82, 2.24) is 0 Å². The molecule has 0 aliphatic heterocycles. The molecule has 0 bridgehead atoms. The molecule has 0 aromatic heterocycles. The van der Waals surface area contributed by atoms with Gasteiger partial charge in [0.1, 0.15) is 6.61 Å². The summed E-state index contributed by atoms with van der Waals surface area (Å²) in [5, 5.41) is 9.63. The Kier molecular flexibility index (Phi) is 38.9. The van der Waals surface area contributed by atoms with Gasteiger partial charge in [-0.1, -0.05) is 175 Å². The predicted molar refractivity (Wildman–Crippen MR) is 252 cm³/mol. The van der Waals surface area contributed by atoms with Gasteiger partial charge in [-0.3, -0.25) is 9.59 Å². The van der Waals surface area contributed by atoms with Crippen LogP contribution in [0.3, 0.4) is 0 Å². The number of aliphatic carboxylic acids is 1. The van der Waals surface area contributed by atoms with E-state index < -0.39 is 18.1 Å². The largest absolute Gasteiger partial charge is 0.477 e. The summed E-state index contributed by atoms with van der Waals surface area (Å²) in [7, 11) is 5.49. The Bertz CT molecular complexity index is 1340. The Morgan fingerprint density at radius 1 is 0.533 bits per heavy atom. The van der Waals surface area contributed by atoms with Gasteiger partial charge >= 0.3 is 17.9 Å². The average Bonchev–Trinajstić information content (AvgIpc) is 3.21. The molecule has 8 nitrogen and oxygen atoms in total. The van der Waals surface area contributed by atoms with Crippen molar-refractivity contribution in [2.24, 2.45) is 0 Å². The number of esters is 2. The number of unbranched alkanes of at least 4 members (excludes halogenated alkanes) is 13. The Morgan fingerprint density at radius 3 is 1.53 bits per heavy atom. The first kappa shape index (κ1) is 56.0. The van der Waals surface area contributed by atoms with E-state index in [-0.39, 0.29) is 42.7 Å². The molecular weight excluding hydrogens is 751 g/mol. The zero-order valence-corrected chi connectivity index (χ0v) is 38.4. The molecule has 0 aromatic carbocycles. The predicted octanol–water partition coefficient (Wildman–Crippen LogP) is 12.9. The van der Waals surface area contributed by atoms with Crippen molar-refractivity contribution in [2.75, 3.05) is 41.0 Å². The van der Waals surface area contributed by atoms with Gasteiger partial charge < -0.3 is 23.8 Å². The first-order valence-corrected chi connectivity index (χ1v) is 23.0. The topological polar surface area (TPSA) is 99.1 Å². The van der Waals surface area contributed by atoms with Crippen molar-refractivity contribution in [3.63, 3.8) is 0 Å². The zero-order chi connectivity index (χ0) is 44.2. The Labute approximate surface area is 366 Å². The Morgan fingerprint density at radius 2 is 1.00 bits per heavy atom. The molecular formula is C52H84NO7+. The summed E-state index contributed by atoms with van der Waals surface area (Å²) in [6, 6.07) is -0.632. The SMILES string of the molecule is CC/C=C/C=C/C=C/C=C/C=C/C=C/C=C/CCCCCC(=O)OC(COCCC(C(=O)O)[N+](C)(C)C)COC(=O)CCCCCCCCC/C=C/C/C=C/CCCCC. The van der Waals surface area contributed by atoms with Crippen molar-refractivity contribution < 1.29 is 38.2 Å². The van der Waals surface area contributed by atoms with E-state index in [0.29, 0.717) is 19.3 Å². The molecule has 8 heteroatoms. The van der Waals surface area contributed by atoms with E-state index in [1.54, 1.807) is 0 Å². The number of carboxylic acid groups (broad SMARTS) is 1. The van der Waals surface area contributed by atoms with Crippen LogP contribution < -0.4 is 0 Å². The molecule has 0 aliphatic rings. The molecule has 1 N–H and O–H groups in total. The van der Waals surface area contributed by atoms with Crippen molar-refractivity contribution >= 4 is 17.9 Å². The number of quaternary nitrogens is 1. The summed E-state index contributed by atoms with van der Waals surface area (Å²) in [6.07, 6.45) is 57.0. The smallest absolute Gasteiger partial charge is 0.362 e. The van der Waals surface area contributed by atoms with Crippen LogP contribution in [0.2, 0.25) is 0 Å². The van der Waals surface area contributed by atoms with Crippen LogP contribution in [-0.2, 0) is 28.6 Å². The van der Waals surface area contributed by atoms with Gasteiger partial charge in [0, 0.05) is 19.3 Å². The van der Waals surface area contributed by atoms with Crippen LogP contribution in [0.15, 0.2) is 109 Å². The lowest BCUT2D eigenvalue weighted by Gasteiger charge is -2.31. The van der Waals surface area contributed by atoms with E-state index in [1.165, 1.54) is 51.4 Å². The van der Waals surface area contributed by atoms with E-state index in [0.717, 1.165) is 57.8 Å². The Hall–Kier alpha value is -4.01. The highest BCUT2D eigenvalue weighted by Gasteiger charge is 2.31. The number of ether oxygens (including phenoxy) is 3. The van der Waals surface area contributed by atoms with Gasteiger partial charge in [-0.2, -0.15) is 0 Å². The number of carbonyl (C=O) groups is 3. The third-order valence-electron chi connectivity index (χ3n) is 9.60. The summed E-state index contributed by atoms with van der Waals surface area (Å²) in [5.41, 5.74) is 0. The number of carboxylic acids is 1. The van der Waals surface area contributed by atoms with Gasteiger partial charge in [0.15, 0.2) is 12.1 Å². The molecule has 60 heavy (non-hydrogen) atoms. The van der Waals surface area contributed by atoms with Crippen molar-refractivity contribution in [1.29, 1.82) is 0 Å². The van der Waals surface area contributed by atoms with E-state index in [4.69, 9.17) is 14.2 Å². The maximum Gasteiger partial charge on any atom is 0.362 e. The number of likely N-dealkylation sites (N-methyl/N-ethyl adjacent to an activating group) is 1. The van der Waals surface area contributed by atoms with Crippen LogP contribution >= 0.6 is 0 Å². The van der Waals surface area contributed by atoms with Crippen LogP contribution in [0.1, 0.15) is 149 Å². The lowest BCUT2D eigenvalue weighted by Crippen LogP contribution is -2.50. The highest BCUT2D eigenvalue weighted by molar-refractivity contribution is 5.72. The minimum Gasteiger partial charge on any atom is -0.477 e. The molecule has 0 saturated carbocycles. The summed E-state index contributed by atoms with van der Waals surface area (Å²) < 4.78 is 17.2. The molecule has 0 heterocycles. The number of allylic oxidation sites excluding steroid dienone is 18. The molecule has 0 rings (SSSR count). The quantitative estimate of drug-likeness (QED) is 0.0216. The van der Waals surface area contributed by atoms with Crippen LogP contribution in [0, 0.1) is 0 Å². The minimum atomic E-state index is -0.890. The molecule has 338 valence electrons. The van der Waals surface area contributed by atoms with Crippen LogP contribution in [0.5, 0.6) is 0 Å². The number of hydrogen-bond donors (Lipinski definition) is 1. The molecule has 0 aliphatic carbocycles. The summed E-state index contributed by atoms with van der Waals surface area (Å²) in [6.45, 7) is 4.48. The molecule has 2 unspecified atom stereocenters. The highest BCUT2D eigenvalue weighted by atomic mass is 16.6. The monoisotopic (exact) mass is 835 g/mol. The lowest BCUT2D eigenvalue weighted by molar-refractivity contribution is -0.887. The zero-order valence-electron chi connectivity index (χ0n) is 38.4. The van der Waals surface area contributed by atoms with Crippen LogP contribution in [0.25, 0.3) is 0 Å². The Balaban J connectivity index is 4.48. The number of nitrogens with zero attached hydrogens (tertiary/aromatic N) is 1. The minimum absolute atomic E-state index is 0.0318. The molecule has 0 fully saturated rings. The molecule has 0 amide bonds. The number of carbonyl (C=O) groups excluding carboxylic acids is 2. The van der Waals surface area contributed by atoms with E-state index >= 15 is 0 Å². The summed E-state index contributed by atoms with van der Waals surface area (Å²) in [5.74, 6) is -1.55. The number of hydrogen-bond acceptors (Lipinski definition) is 6. The standard InChI is InChI=1S/C52H83NO7/c1-6-8-10-12-14-16-18-20-22-24-25-27-29-31-33-35-37-39-41-43-51(55)60-48(46-58-45-44-49(52(56)57)53(3,4)5)47-59-50(54)42-40-38-36-34-32-30-28-26-23-21-19-17-15-13-11-9-7-2/h8,10,12,14-18,20-25,27,29,31,33,48-49H,6-7,9,11,13,19,26,28,30,32,34-47H2,1-5H3/p+1/b10-8+,14-12+,17-15+,18-16+,22-20+,23-21+,25-24+,29-27+,33-31+. The third-order valence-corrected chi connectivity index (χ3v) is 9.60. The normalized spacial score (nSPS) is 13.9. The summed E-state index contributed by atoms with van der Waals surface area (Å²) >= 11 is 0. The first-order valence-electron chi connectivity index (χ1n) is 23.0. The highest BCUT2D eigenvalue weighted by Crippen LogP contribution is 2.13. The average molecular weight is 835 g/mol. The maximum atomic E-state index is 12.7. The van der Waals surface area contributed by atoms with E-state index in [2.05, 4.69) is 50.3 Å². The van der Waals surface area contributed by atoms with Crippen molar-refractivity contribution in [2.45, 2.75) is 161 Å². The first-order chi connectivity index (χ1) is 29.1. The van der Waals surface area contributed by atoms with E-state index in [1.807, 2.05) is 94.1 Å². The molecule has 0 spiro atoms.